The Morgan fingerprint density at radius 1 is 1.26 bits per heavy atom. The van der Waals surface area contributed by atoms with Gasteiger partial charge in [0, 0.05) is 31.4 Å². The van der Waals surface area contributed by atoms with Crippen LogP contribution in [-0.2, 0) is 16.4 Å². The first kappa shape index (κ1) is 18.4. The molecule has 0 aliphatic carbocycles. The summed E-state index contributed by atoms with van der Waals surface area (Å²) in [7, 11) is -0.708. The largest absolute Gasteiger partial charge is 0.303 e. The molecule has 1 fully saturated rings. The topological polar surface area (TPSA) is 40.6 Å². The maximum absolute atomic E-state index is 11.2. The Bertz CT molecular complexity index is 574. The summed E-state index contributed by atoms with van der Waals surface area (Å²) in [5.41, 5.74) is 1.37. The van der Waals surface area contributed by atoms with Gasteiger partial charge in [-0.05, 0) is 45.3 Å². The van der Waals surface area contributed by atoms with Crippen molar-refractivity contribution in [1.82, 2.24) is 9.80 Å². The Hall–Kier alpha value is -0.910. The molecule has 2 rings (SSSR count). The molecule has 0 N–H and O–H groups in total. The maximum Gasteiger partial charge on any atom is 0.147 e. The first-order chi connectivity index (χ1) is 10.8. The number of sulfone groups is 1. The predicted octanol–water partition coefficient (Wildman–Crippen LogP) is 2.41. The lowest BCUT2D eigenvalue weighted by molar-refractivity contribution is 0.0805. The van der Waals surface area contributed by atoms with E-state index in [0.29, 0.717) is 17.8 Å². The summed E-state index contributed by atoms with van der Waals surface area (Å²) >= 11 is 0. The Morgan fingerprint density at radius 3 is 2.57 bits per heavy atom. The van der Waals surface area contributed by atoms with E-state index in [9.17, 15) is 8.42 Å². The predicted molar refractivity (Wildman–Crippen MR) is 96.3 cm³/mol. The summed E-state index contributed by atoms with van der Waals surface area (Å²) < 4.78 is 22.5. The third-order valence-corrected chi connectivity index (χ3v) is 5.89. The number of likely N-dealkylation sites (tertiary alicyclic amines) is 1. The van der Waals surface area contributed by atoms with Crippen LogP contribution in [0.2, 0.25) is 0 Å². The molecule has 23 heavy (non-hydrogen) atoms. The molecular formula is C18H30N2O2S. The second-order valence-electron chi connectivity index (χ2n) is 6.95. The lowest BCUT2D eigenvalue weighted by Gasteiger charge is -2.41. The molecule has 1 aromatic rings. The zero-order chi connectivity index (χ0) is 16.9. The normalized spacial score (nSPS) is 23.3. The third kappa shape index (κ3) is 6.24. The van der Waals surface area contributed by atoms with E-state index >= 15 is 0 Å². The van der Waals surface area contributed by atoms with Gasteiger partial charge < -0.3 is 4.90 Å². The van der Waals surface area contributed by atoms with Gasteiger partial charge in [-0.1, -0.05) is 30.3 Å². The van der Waals surface area contributed by atoms with Gasteiger partial charge >= 0.3 is 0 Å². The molecule has 1 aliphatic rings. The minimum atomic E-state index is -2.84. The van der Waals surface area contributed by atoms with Crippen LogP contribution in [0.3, 0.4) is 0 Å². The van der Waals surface area contributed by atoms with Gasteiger partial charge in [0.05, 0.1) is 5.75 Å². The molecule has 0 unspecified atom stereocenters. The van der Waals surface area contributed by atoms with Crippen LogP contribution in [0.1, 0.15) is 31.7 Å². The molecule has 130 valence electrons. The zero-order valence-electron chi connectivity index (χ0n) is 14.6. The van der Waals surface area contributed by atoms with E-state index in [0.717, 1.165) is 38.9 Å². The first-order valence-electron chi connectivity index (χ1n) is 8.51. The molecular weight excluding hydrogens is 308 g/mol. The van der Waals surface area contributed by atoms with E-state index in [2.05, 4.69) is 54.1 Å². The lowest BCUT2D eigenvalue weighted by Crippen LogP contribution is -2.47. The summed E-state index contributed by atoms with van der Waals surface area (Å²) in [6.07, 6.45) is 4.36. The van der Waals surface area contributed by atoms with Gasteiger partial charge in [-0.3, -0.25) is 4.90 Å². The van der Waals surface area contributed by atoms with Crippen molar-refractivity contribution in [1.29, 1.82) is 0 Å². The summed E-state index contributed by atoms with van der Waals surface area (Å²) in [6.45, 7) is 5.30. The van der Waals surface area contributed by atoms with Crippen molar-refractivity contribution in [2.75, 3.05) is 32.1 Å². The SMILES string of the molecule is C[C@H]1C[C@H](N(C)CCCS(C)(=O)=O)CCN1Cc1ccccc1. The van der Waals surface area contributed by atoms with E-state index in [1.807, 2.05) is 0 Å². The van der Waals surface area contributed by atoms with Gasteiger partial charge in [-0.2, -0.15) is 0 Å². The summed E-state index contributed by atoms with van der Waals surface area (Å²) in [4.78, 5) is 4.90. The zero-order valence-corrected chi connectivity index (χ0v) is 15.4. The van der Waals surface area contributed by atoms with Crippen molar-refractivity contribution in [3.05, 3.63) is 35.9 Å². The van der Waals surface area contributed by atoms with Crippen molar-refractivity contribution in [2.24, 2.45) is 0 Å². The lowest BCUT2D eigenvalue weighted by atomic mass is 9.96. The highest BCUT2D eigenvalue weighted by Gasteiger charge is 2.27. The average molecular weight is 339 g/mol. The van der Waals surface area contributed by atoms with Crippen molar-refractivity contribution in [3.8, 4) is 0 Å². The molecule has 1 heterocycles. The van der Waals surface area contributed by atoms with Gasteiger partial charge in [0.1, 0.15) is 9.84 Å². The van der Waals surface area contributed by atoms with Crippen molar-refractivity contribution < 1.29 is 8.42 Å². The number of hydrogen-bond donors (Lipinski definition) is 0. The monoisotopic (exact) mass is 338 g/mol. The molecule has 2 atom stereocenters. The molecule has 0 radical (unpaired) electrons. The quantitative estimate of drug-likeness (QED) is 0.765. The summed E-state index contributed by atoms with van der Waals surface area (Å²) in [5, 5.41) is 0. The van der Waals surface area contributed by atoms with Crippen molar-refractivity contribution >= 4 is 9.84 Å². The van der Waals surface area contributed by atoms with E-state index in [4.69, 9.17) is 0 Å². The molecule has 0 amide bonds. The Kier molecular flexibility index (Phi) is 6.62. The van der Waals surface area contributed by atoms with Crippen LogP contribution in [0.4, 0.5) is 0 Å². The fourth-order valence-corrected chi connectivity index (χ4v) is 4.06. The second-order valence-corrected chi connectivity index (χ2v) is 9.21. The number of benzene rings is 1. The molecule has 1 aliphatic heterocycles. The first-order valence-corrected chi connectivity index (χ1v) is 10.6. The van der Waals surface area contributed by atoms with E-state index in [1.165, 1.54) is 11.8 Å². The molecule has 1 saturated heterocycles. The second kappa shape index (κ2) is 8.27. The van der Waals surface area contributed by atoms with Crippen molar-refractivity contribution in [2.45, 2.75) is 44.8 Å². The number of rotatable bonds is 7. The number of hydrogen-bond acceptors (Lipinski definition) is 4. The van der Waals surface area contributed by atoms with Crippen LogP contribution in [0, 0.1) is 0 Å². The van der Waals surface area contributed by atoms with E-state index in [1.54, 1.807) is 0 Å². The smallest absolute Gasteiger partial charge is 0.147 e. The van der Waals surface area contributed by atoms with Crippen molar-refractivity contribution in [3.63, 3.8) is 0 Å². The highest BCUT2D eigenvalue weighted by Crippen LogP contribution is 2.23. The minimum absolute atomic E-state index is 0.291. The number of nitrogens with zero attached hydrogens (tertiary/aromatic N) is 2. The standard InChI is InChI=1S/C18H30N2O2S/c1-16-14-18(19(2)11-7-13-23(3,21)22)10-12-20(16)15-17-8-5-4-6-9-17/h4-6,8-9,16,18H,7,10-15H2,1-3H3/t16-,18+/m0/s1. The summed E-state index contributed by atoms with van der Waals surface area (Å²) in [6, 6.07) is 11.8. The van der Waals surface area contributed by atoms with E-state index in [-0.39, 0.29) is 0 Å². The van der Waals surface area contributed by atoms with Crippen LogP contribution >= 0.6 is 0 Å². The van der Waals surface area contributed by atoms with Gasteiger partial charge in [-0.25, -0.2) is 8.42 Å². The van der Waals surface area contributed by atoms with Gasteiger partial charge in [0.15, 0.2) is 0 Å². The third-order valence-electron chi connectivity index (χ3n) is 4.86. The highest BCUT2D eigenvalue weighted by atomic mass is 32.2. The molecule has 0 bridgehead atoms. The molecule has 0 aromatic heterocycles. The fourth-order valence-electron chi connectivity index (χ4n) is 3.41. The minimum Gasteiger partial charge on any atom is -0.303 e. The fraction of sp³-hybridized carbons (Fsp3) is 0.667. The molecule has 0 saturated carbocycles. The highest BCUT2D eigenvalue weighted by molar-refractivity contribution is 7.90. The van der Waals surface area contributed by atoms with Crippen LogP contribution in [0.15, 0.2) is 30.3 Å². The Balaban J connectivity index is 1.78. The molecule has 0 spiro atoms. The van der Waals surface area contributed by atoms with Gasteiger partial charge in [0.2, 0.25) is 0 Å². The number of piperidine rings is 1. The Morgan fingerprint density at radius 2 is 1.96 bits per heavy atom. The van der Waals surface area contributed by atoms with Crippen LogP contribution < -0.4 is 0 Å². The van der Waals surface area contributed by atoms with Crippen LogP contribution in [0.5, 0.6) is 0 Å². The maximum atomic E-state index is 11.2. The molecule has 1 aromatic carbocycles. The van der Waals surface area contributed by atoms with Crippen LogP contribution in [-0.4, -0.2) is 62.4 Å². The van der Waals surface area contributed by atoms with Crippen LogP contribution in [0.25, 0.3) is 0 Å². The van der Waals surface area contributed by atoms with E-state index < -0.39 is 9.84 Å². The van der Waals surface area contributed by atoms with Gasteiger partial charge in [0.25, 0.3) is 0 Å². The Labute approximate surface area is 141 Å². The summed E-state index contributed by atoms with van der Waals surface area (Å²) in [5.74, 6) is 0.291. The average Bonchev–Trinajstić information content (AvgIpc) is 2.49. The molecule has 5 heteroatoms. The molecule has 4 nitrogen and oxygen atoms in total. The van der Waals surface area contributed by atoms with Gasteiger partial charge in [-0.15, -0.1) is 0 Å².